The van der Waals surface area contributed by atoms with Gasteiger partial charge in [-0.05, 0) is 62.6 Å². The number of aryl methyl sites for hydroxylation is 3. The van der Waals surface area contributed by atoms with Crippen molar-refractivity contribution in [1.82, 2.24) is 0 Å². The van der Waals surface area contributed by atoms with Gasteiger partial charge in [-0.3, -0.25) is 4.79 Å². The van der Waals surface area contributed by atoms with E-state index in [9.17, 15) is 4.79 Å². The molecule has 1 fully saturated rings. The van der Waals surface area contributed by atoms with E-state index in [1.165, 1.54) is 22.3 Å². The average Bonchev–Trinajstić information content (AvgIpc) is 2.88. The maximum absolute atomic E-state index is 12.4. The summed E-state index contributed by atoms with van der Waals surface area (Å²) in [5.74, 6) is 0.241. The van der Waals surface area contributed by atoms with Crippen LogP contribution in [0.5, 0.6) is 0 Å². The summed E-state index contributed by atoms with van der Waals surface area (Å²) in [5, 5.41) is 0. The first-order chi connectivity index (χ1) is 10.1. The van der Waals surface area contributed by atoms with Crippen molar-refractivity contribution < 1.29 is 9.53 Å². The molecule has 2 atom stereocenters. The molecular weight excluding hydrogens is 272 g/mol. The minimum Gasteiger partial charge on any atom is -0.461 e. The van der Waals surface area contributed by atoms with Crippen LogP contribution in [0.2, 0.25) is 0 Å². The van der Waals surface area contributed by atoms with Crippen LogP contribution in [0.15, 0.2) is 23.8 Å². The summed E-state index contributed by atoms with van der Waals surface area (Å²) < 4.78 is 5.63. The van der Waals surface area contributed by atoms with Gasteiger partial charge in [0.05, 0.1) is 5.92 Å². The zero-order chi connectivity index (χ0) is 16.7. The molecule has 0 radical (unpaired) electrons. The number of carbonyl (C=O) groups is 1. The van der Waals surface area contributed by atoms with Gasteiger partial charge >= 0.3 is 5.97 Å². The third-order valence-corrected chi connectivity index (χ3v) is 4.88. The Balaban J connectivity index is 2.05. The van der Waals surface area contributed by atoms with Crippen molar-refractivity contribution in [2.45, 2.75) is 55.1 Å². The van der Waals surface area contributed by atoms with Crippen LogP contribution in [0.1, 0.15) is 49.9 Å². The number of esters is 1. The van der Waals surface area contributed by atoms with Crippen LogP contribution in [-0.4, -0.2) is 5.97 Å². The lowest BCUT2D eigenvalue weighted by Crippen LogP contribution is -2.12. The monoisotopic (exact) mass is 300 g/mol. The molecule has 2 unspecified atom stereocenters. The summed E-state index contributed by atoms with van der Waals surface area (Å²) in [6.07, 6.45) is 2.20. The van der Waals surface area contributed by atoms with E-state index in [1.807, 2.05) is 0 Å². The Kier molecular flexibility index (Phi) is 4.51. The maximum atomic E-state index is 12.4. The number of rotatable bonds is 4. The summed E-state index contributed by atoms with van der Waals surface area (Å²) >= 11 is 0. The first-order valence-electron chi connectivity index (χ1n) is 8.03. The summed E-state index contributed by atoms with van der Waals surface area (Å²) in [7, 11) is 0. The number of benzene rings is 1. The number of hydrogen-bond acceptors (Lipinski definition) is 2. The molecule has 0 spiro atoms. The van der Waals surface area contributed by atoms with E-state index in [4.69, 9.17) is 4.74 Å². The highest BCUT2D eigenvalue weighted by atomic mass is 16.5. The second-order valence-electron chi connectivity index (χ2n) is 7.55. The second kappa shape index (κ2) is 5.91. The number of allylic oxidation sites excluding steroid dienone is 2. The lowest BCUT2D eigenvalue weighted by molar-refractivity contribution is -0.147. The summed E-state index contributed by atoms with van der Waals surface area (Å²) in [4.78, 5) is 12.4. The van der Waals surface area contributed by atoms with Gasteiger partial charge in [0.15, 0.2) is 0 Å². The normalized spacial score (nSPS) is 22.1. The van der Waals surface area contributed by atoms with Crippen molar-refractivity contribution in [3.63, 3.8) is 0 Å². The van der Waals surface area contributed by atoms with E-state index >= 15 is 0 Å². The highest BCUT2D eigenvalue weighted by Crippen LogP contribution is 2.59. The number of carbonyl (C=O) groups excluding carboxylic acids is 1. The van der Waals surface area contributed by atoms with Crippen LogP contribution < -0.4 is 0 Å². The highest BCUT2D eigenvalue weighted by Gasteiger charge is 2.61. The molecule has 0 N–H and O–H groups in total. The molecule has 0 bridgehead atoms. The van der Waals surface area contributed by atoms with E-state index in [-0.39, 0.29) is 17.3 Å². The smallest absolute Gasteiger partial charge is 0.310 e. The van der Waals surface area contributed by atoms with Crippen molar-refractivity contribution >= 4 is 5.97 Å². The van der Waals surface area contributed by atoms with Crippen LogP contribution in [0, 0.1) is 38.0 Å². The summed E-state index contributed by atoms with van der Waals surface area (Å²) in [6, 6.07) is 4.28. The Hall–Kier alpha value is -1.57. The molecule has 0 aromatic heterocycles. The van der Waals surface area contributed by atoms with Crippen molar-refractivity contribution in [1.29, 1.82) is 0 Å². The van der Waals surface area contributed by atoms with Crippen molar-refractivity contribution in [2.75, 3.05) is 0 Å². The predicted molar refractivity (Wildman–Crippen MR) is 90.6 cm³/mol. The molecular formula is C20H28O2. The molecule has 2 nitrogen and oxygen atoms in total. The van der Waals surface area contributed by atoms with Crippen LogP contribution in [0.4, 0.5) is 0 Å². The quantitative estimate of drug-likeness (QED) is 0.584. The summed E-state index contributed by atoms with van der Waals surface area (Å²) in [6.45, 7) is 15.1. The zero-order valence-corrected chi connectivity index (χ0v) is 14.9. The van der Waals surface area contributed by atoms with Crippen LogP contribution in [0.3, 0.4) is 0 Å². The van der Waals surface area contributed by atoms with Gasteiger partial charge < -0.3 is 4.74 Å². The average molecular weight is 300 g/mol. The van der Waals surface area contributed by atoms with Gasteiger partial charge in [0, 0.05) is 0 Å². The van der Waals surface area contributed by atoms with Crippen LogP contribution in [-0.2, 0) is 16.1 Å². The fourth-order valence-electron chi connectivity index (χ4n) is 3.47. The fraction of sp³-hybridized carbons (Fsp3) is 0.550. The molecule has 1 saturated carbocycles. The third kappa shape index (κ3) is 3.26. The fourth-order valence-corrected chi connectivity index (χ4v) is 3.47. The van der Waals surface area contributed by atoms with Crippen molar-refractivity contribution in [3.05, 3.63) is 46.0 Å². The molecule has 120 valence electrons. The second-order valence-corrected chi connectivity index (χ2v) is 7.55. The molecule has 1 aromatic carbocycles. The molecule has 2 rings (SSSR count). The lowest BCUT2D eigenvalue weighted by atomic mass is 10.0. The molecule has 1 aliphatic carbocycles. The van der Waals surface area contributed by atoms with Crippen molar-refractivity contribution in [2.24, 2.45) is 17.3 Å². The van der Waals surface area contributed by atoms with Gasteiger partial charge in [-0.1, -0.05) is 43.2 Å². The van der Waals surface area contributed by atoms with E-state index in [0.29, 0.717) is 12.5 Å². The van der Waals surface area contributed by atoms with Crippen LogP contribution in [0.25, 0.3) is 0 Å². The molecule has 0 saturated heterocycles. The standard InChI is InChI=1S/C20H28O2/c1-12(2)8-17-18(20(17,6)7)19(21)22-11-16-14(4)9-13(3)10-15(16)5/h8-10,17-18H,11H2,1-7H3. The van der Waals surface area contributed by atoms with Gasteiger partial charge in [-0.25, -0.2) is 0 Å². The molecule has 1 aromatic rings. The number of hydrogen-bond donors (Lipinski definition) is 0. The van der Waals surface area contributed by atoms with Gasteiger partial charge in [-0.15, -0.1) is 0 Å². The Bertz CT molecular complexity index is 596. The van der Waals surface area contributed by atoms with Gasteiger partial charge in [0.25, 0.3) is 0 Å². The minimum absolute atomic E-state index is 0.00605. The Morgan fingerprint density at radius 1 is 1.18 bits per heavy atom. The van der Waals surface area contributed by atoms with E-state index < -0.39 is 0 Å². The molecule has 22 heavy (non-hydrogen) atoms. The Morgan fingerprint density at radius 2 is 1.73 bits per heavy atom. The topological polar surface area (TPSA) is 26.3 Å². The first kappa shape index (κ1) is 16.8. The Morgan fingerprint density at radius 3 is 2.23 bits per heavy atom. The Labute approximate surface area is 134 Å². The molecule has 0 amide bonds. The largest absolute Gasteiger partial charge is 0.461 e. The van der Waals surface area contributed by atoms with Crippen molar-refractivity contribution in [3.8, 4) is 0 Å². The maximum Gasteiger partial charge on any atom is 0.310 e. The number of ether oxygens (including phenoxy) is 1. The van der Waals surface area contributed by atoms with Gasteiger partial charge in [0.1, 0.15) is 6.61 Å². The highest BCUT2D eigenvalue weighted by molar-refractivity contribution is 5.78. The first-order valence-corrected chi connectivity index (χ1v) is 8.03. The van der Waals surface area contributed by atoms with E-state index in [0.717, 1.165) is 5.56 Å². The van der Waals surface area contributed by atoms with Gasteiger partial charge in [-0.2, -0.15) is 0 Å². The minimum atomic E-state index is -0.0631. The van der Waals surface area contributed by atoms with Gasteiger partial charge in [0.2, 0.25) is 0 Å². The van der Waals surface area contributed by atoms with E-state index in [2.05, 4.69) is 66.7 Å². The molecule has 0 aliphatic heterocycles. The summed E-state index contributed by atoms with van der Waals surface area (Å²) in [5.41, 5.74) is 6.06. The zero-order valence-electron chi connectivity index (χ0n) is 14.9. The molecule has 2 heteroatoms. The third-order valence-electron chi connectivity index (χ3n) is 4.88. The molecule has 0 heterocycles. The van der Waals surface area contributed by atoms with Crippen LogP contribution >= 0.6 is 0 Å². The lowest BCUT2D eigenvalue weighted by Gasteiger charge is -2.12. The predicted octanol–water partition coefficient (Wildman–Crippen LogP) is 4.89. The SMILES string of the molecule is CC(C)=CC1C(C(=O)OCc2c(C)cc(C)cc2C)C1(C)C. The van der Waals surface area contributed by atoms with E-state index in [1.54, 1.807) is 0 Å². The molecule has 1 aliphatic rings.